The maximum Gasteiger partial charge on any atom is 0.331 e. The molecule has 1 heterocycles. The molecule has 0 spiro atoms. The van der Waals surface area contributed by atoms with E-state index in [2.05, 4.69) is 24.1 Å². The summed E-state index contributed by atoms with van der Waals surface area (Å²) in [5.74, 6) is -1.34. The molecule has 2 N–H and O–H groups in total. The molecule has 0 aromatic heterocycles. The Bertz CT molecular complexity index is 643. The van der Waals surface area contributed by atoms with Gasteiger partial charge >= 0.3 is 5.97 Å². The second-order valence-corrected chi connectivity index (χ2v) is 9.41. The Kier molecular flexibility index (Phi) is 12.1. The number of carbonyl (C=O) groups is 3. The third-order valence-corrected chi connectivity index (χ3v) is 5.98. The number of carboxylic acid groups (broad SMARTS) is 1. The lowest BCUT2D eigenvalue weighted by Gasteiger charge is -2.39. The molecule has 0 bridgehead atoms. The summed E-state index contributed by atoms with van der Waals surface area (Å²) < 4.78 is 0. The SMILES string of the molecule is C.C/C(=C\[C@H](C(C)C)N(C)C(=O)[C@@H](NC(=O)[C@H]1CCCCN1C(C)C)C(C)C)C(=O)O. The number of aliphatic carboxylic acids is 1. The van der Waals surface area contributed by atoms with E-state index in [1.165, 1.54) is 6.92 Å². The molecule has 0 saturated carbocycles. The highest BCUT2D eigenvalue weighted by Crippen LogP contribution is 2.21. The first-order valence-electron chi connectivity index (χ1n) is 11.1. The smallest absolute Gasteiger partial charge is 0.331 e. The van der Waals surface area contributed by atoms with Crippen LogP contribution in [0.2, 0.25) is 0 Å². The second kappa shape index (κ2) is 12.8. The zero-order valence-electron chi connectivity index (χ0n) is 19.9. The monoisotopic (exact) mass is 439 g/mol. The molecule has 0 aromatic carbocycles. The van der Waals surface area contributed by atoms with Crippen molar-refractivity contribution in [3.63, 3.8) is 0 Å². The van der Waals surface area contributed by atoms with Crippen molar-refractivity contribution >= 4 is 17.8 Å². The summed E-state index contributed by atoms with van der Waals surface area (Å²) in [5.41, 5.74) is 0.202. The molecule has 1 aliphatic heterocycles. The number of carbonyl (C=O) groups excluding carboxylic acids is 2. The zero-order chi connectivity index (χ0) is 23.2. The van der Waals surface area contributed by atoms with Gasteiger partial charge in [0.05, 0.1) is 12.1 Å². The highest BCUT2D eigenvalue weighted by Gasteiger charge is 2.35. The van der Waals surface area contributed by atoms with E-state index in [0.717, 1.165) is 25.8 Å². The largest absolute Gasteiger partial charge is 0.478 e. The molecule has 1 aliphatic rings. The van der Waals surface area contributed by atoms with Gasteiger partial charge < -0.3 is 15.3 Å². The fourth-order valence-corrected chi connectivity index (χ4v) is 4.06. The van der Waals surface area contributed by atoms with Crippen molar-refractivity contribution in [2.75, 3.05) is 13.6 Å². The lowest BCUT2D eigenvalue weighted by molar-refractivity contribution is -0.140. The Labute approximate surface area is 189 Å². The van der Waals surface area contributed by atoms with Crippen molar-refractivity contribution in [1.29, 1.82) is 0 Å². The van der Waals surface area contributed by atoms with Crippen LogP contribution in [-0.2, 0) is 14.4 Å². The topological polar surface area (TPSA) is 90.0 Å². The van der Waals surface area contributed by atoms with Crippen LogP contribution in [0.25, 0.3) is 0 Å². The van der Waals surface area contributed by atoms with Crippen molar-refractivity contribution in [3.05, 3.63) is 11.6 Å². The average Bonchev–Trinajstić information content (AvgIpc) is 2.67. The second-order valence-electron chi connectivity index (χ2n) is 9.41. The number of nitrogens with one attached hydrogen (secondary N) is 1. The summed E-state index contributed by atoms with van der Waals surface area (Å²) in [6.45, 7) is 14.3. The summed E-state index contributed by atoms with van der Waals surface area (Å²) in [6.07, 6.45) is 4.51. The number of nitrogens with zero attached hydrogens (tertiary/aromatic N) is 2. The van der Waals surface area contributed by atoms with E-state index in [0.29, 0.717) is 0 Å². The molecule has 180 valence electrons. The number of likely N-dealkylation sites (tertiary alicyclic amines) is 1. The summed E-state index contributed by atoms with van der Waals surface area (Å²) in [4.78, 5) is 41.5. The first kappa shape index (κ1) is 29.1. The summed E-state index contributed by atoms with van der Waals surface area (Å²) in [5, 5.41) is 12.2. The van der Waals surface area contributed by atoms with Crippen molar-refractivity contribution in [3.8, 4) is 0 Å². The van der Waals surface area contributed by atoms with Crippen LogP contribution < -0.4 is 5.32 Å². The molecule has 31 heavy (non-hydrogen) atoms. The fourth-order valence-electron chi connectivity index (χ4n) is 4.06. The van der Waals surface area contributed by atoms with Crippen molar-refractivity contribution in [2.24, 2.45) is 11.8 Å². The van der Waals surface area contributed by atoms with E-state index in [1.54, 1.807) is 18.0 Å². The van der Waals surface area contributed by atoms with Crippen molar-refractivity contribution in [2.45, 2.75) is 99.3 Å². The van der Waals surface area contributed by atoms with Gasteiger partial charge in [0.2, 0.25) is 11.8 Å². The maximum atomic E-state index is 13.3. The van der Waals surface area contributed by atoms with Gasteiger partial charge in [0.15, 0.2) is 0 Å². The van der Waals surface area contributed by atoms with E-state index in [4.69, 9.17) is 0 Å². The average molecular weight is 440 g/mol. The number of amides is 2. The van der Waals surface area contributed by atoms with Gasteiger partial charge in [-0.1, -0.05) is 47.6 Å². The van der Waals surface area contributed by atoms with Crippen LogP contribution in [-0.4, -0.2) is 70.4 Å². The molecular weight excluding hydrogens is 394 g/mol. The van der Waals surface area contributed by atoms with Crippen LogP contribution in [0.1, 0.15) is 75.2 Å². The fraction of sp³-hybridized carbons (Fsp3) is 0.792. The Balaban J connectivity index is 0.00000900. The molecule has 7 nitrogen and oxygen atoms in total. The van der Waals surface area contributed by atoms with Gasteiger partial charge in [0.25, 0.3) is 0 Å². The number of carboxylic acids is 1. The van der Waals surface area contributed by atoms with Crippen LogP contribution in [0, 0.1) is 11.8 Å². The van der Waals surface area contributed by atoms with Crippen LogP contribution >= 0.6 is 0 Å². The summed E-state index contributed by atoms with van der Waals surface area (Å²) >= 11 is 0. The number of likely N-dealkylation sites (N-methyl/N-ethyl adjacent to an activating group) is 1. The molecule has 1 fully saturated rings. The van der Waals surface area contributed by atoms with Gasteiger partial charge in [0, 0.05) is 18.7 Å². The normalized spacial score (nSPS) is 19.7. The molecule has 7 heteroatoms. The van der Waals surface area contributed by atoms with Gasteiger partial charge in [-0.2, -0.15) is 0 Å². The van der Waals surface area contributed by atoms with Crippen LogP contribution in [0.15, 0.2) is 11.6 Å². The molecule has 1 rings (SSSR count). The number of hydrogen-bond acceptors (Lipinski definition) is 4. The first-order valence-corrected chi connectivity index (χ1v) is 11.1. The molecular formula is C24H45N3O4. The Morgan fingerprint density at radius 1 is 1.06 bits per heavy atom. The predicted octanol–water partition coefficient (Wildman–Crippen LogP) is 3.54. The summed E-state index contributed by atoms with van der Waals surface area (Å²) in [7, 11) is 1.68. The maximum absolute atomic E-state index is 13.3. The zero-order valence-corrected chi connectivity index (χ0v) is 19.9. The minimum Gasteiger partial charge on any atom is -0.478 e. The standard InChI is InChI=1S/C23H41N3O4.CH4/c1-14(2)19(13-17(7)23(29)30)25(8)22(28)20(15(3)4)24-21(27)18-11-9-10-12-26(18)16(5)6;/h13-16,18-20H,9-12H2,1-8H3,(H,24,27)(H,29,30);1H4/b17-13+;/t18-,19-,20+;/m1./s1. The molecule has 0 aromatic rings. The highest BCUT2D eigenvalue weighted by molar-refractivity contribution is 5.90. The quantitative estimate of drug-likeness (QED) is 0.536. The van der Waals surface area contributed by atoms with Gasteiger partial charge in [-0.05, 0) is 52.0 Å². The Morgan fingerprint density at radius 2 is 1.65 bits per heavy atom. The molecule has 0 aliphatic carbocycles. The van der Waals surface area contributed by atoms with E-state index in [1.807, 2.05) is 27.7 Å². The number of piperidine rings is 1. The minimum atomic E-state index is -0.999. The van der Waals surface area contributed by atoms with E-state index in [9.17, 15) is 19.5 Å². The molecule has 1 saturated heterocycles. The van der Waals surface area contributed by atoms with Crippen LogP contribution in [0.4, 0.5) is 0 Å². The Hall–Kier alpha value is -1.89. The van der Waals surface area contributed by atoms with E-state index >= 15 is 0 Å². The predicted molar refractivity (Wildman–Crippen MR) is 126 cm³/mol. The highest BCUT2D eigenvalue weighted by atomic mass is 16.4. The minimum absolute atomic E-state index is 0. The lowest BCUT2D eigenvalue weighted by Crippen LogP contribution is -2.58. The van der Waals surface area contributed by atoms with E-state index < -0.39 is 12.0 Å². The Morgan fingerprint density at radius 3 is 2.10 bits per heavy atom. The van der Waals surface area contributed by atoms with Gasteiger partial charge in [0.1, 0.15) is 6.04 Å². The van der Waals surface area contributed by atoms with Crippen LogP contribution in [0.3, 0.4) is 0 Å². The van der Waals surface area contributed by atoms with E-state index in [-0.39, 0.29) is 54.8 Å². The lowest BCUT2D eigenvalue weighted by atomic mass is 9.95. The molecule has 0 unspecified atom stereocenters. The van der Waals surface area contributed by atoms with Crippen LogP contribution in [0.5, 0.6) is 0 Å². The third-order valence-electron chi connectivity index (χ3n) is 5.98. The summed E-state index contributed by atoms with van der Waals surface area (Å²) in [6, 6.07) is -0.966. The van der Waals surface area contributed by atoms with Crippen molar-refractivity contribution < 1.29 is 19.5 Å². The van der Waals surface area contributed by atoms with Gasteiger partial charge in [-0.15, -0.1) is 0 Å². The number of rotatable bonds is 9. The molecule has 2 amide bonds. The van der Waals surface area contributed by atoms with Gasteiger partial charge in [-0.3, -0.25) is 14.5 Å². The van der Waals surface area contributed by atoms with Gasteiger partial charge in [-0.25, -0.2) is 4.79 Å². The number of hydrogen-bond donors (Lipinski definition) is 2. The third kappa shape index (κ3) is 7.95. The first-order chi connectivity index (χ1) is 13.9. The molecule has 0 radical (unpaired) electrons. The molecule has 3 atom stereocenters. The van der Waals surface area contributed by atoms with Crippen molar-refractivity contribution in [1.82, 2.24) is 15.1 Å².